The molecule has 0 unspecified atom stereocenters. The van der Waals surface area contributed by atoms with Crippen molar-refractivity contribution >= 4 is 35.5 Å². The number of ether oxygens (including phenoxy) is 2. The minimum absolute atomic E-state index is 0.132. The van der Waals surface area contributed by atoms with Gasteiger partial charge in [-0.2, -0.15) is 0 Å². The number of carbonyl (C=O) groups is 3. The molecule has 1 saturated heterocycles. The predicted molar refractivity (Wildman–Crippen MR) is 103 cm³/mol. The van der Waals surface area contributed by atoms with E-state index >= 15 is 0 Å². The molecule has 0 spiro atoms. The molecule has 4 amide bonds. The normalized spacial score (nSPS) is 13.6. The molecule has 1 heterocycles. The van der Waals surface area contributed by atoms with Gasteiger partial charge in [-0.25, -0.2) is 9.18 Å². The fourth-order valence-corrected chi connectivity index (χ4v) is 2.86. The zero-order chi connectivity index (χ0) is 21.0. The Hall–Kier alpha value is -3.39. The van der Waals surface area contributed by atoms with Crippen molar-refractivity contribution in [3.05, 3.63) is 63.9 Å². The Morgan fingerprint density at radius 2 is 1.69 bits per heavy atom. The summed E-state index contributed by atoms with van der Waals surface area (Å²) in [5.41, 5.74) is 0.890. The van der Waals surface area contributed by atoms with Gasteiger partial charge in [0, 0.05) is 0 Å². The Morgan fingerprint density at radius 1 is 1.03 bits per heavy atom. The largest absolute Gasteiger partial charge is 0.490 e. The van der Waals surface area contributed by atoms with Crippen molar-refractivity contribution in [1.29, 1.82) is 0 Å². The van der Waals surface area contributed by atoms with Gasteiger partial charge in [0.15, 0.2) is 11.5 Å². The molecule has 29 heavy (non-hydrogen) atoms. The van der Waals surface area contributed by atoms with Crippen molar-refractivity contribution in [3.63, 3.8) is 0 Å². The van der Waals surface area contributed by atoms with Crippen molar-refractivity contribution < 1.29 is 28.2 Å². The van der Waals surface area contributed by atoms with Crippen LogP contribution in [0.4, 0.5) is 9.18 Å². The lowest BCUT2D eigenvalue weighted by molar-refractivity contribution is -0.123. The molecule has 2 N–H and O–H groups in total. The molecule has 9 heteroatoms. The molecule has 7 nitrogen and oxygen atoms in total. The first-order chi connectivity index (χ1) is 13.9. The highest BCUT2D eigenvalue weighted by Crippen LogP contribution is 2.38. The Bertz CT molecular complexity index is 983. The molecule has 0 aromatic heterocycles. The van der Waals surface area contributed by atoms with Crippen molar-refractivity contribution in [3.8, 4) is 11.5 Å². The van der Waals surface area contributed by atoms with Crippen LogP contribution in [-0.2, 0) is 16.2 Å². The molecule has 1 aliphatic rings. The second kappa shape index (κ2) is 8.74. The summed E-state index contributed by atoms with van der Waals surface area (Å²) >= 11 is 6.33. The van der Waals surface area contributed by atoms with E-state index in [1.807, 2.05) is 10.6 Å². The van der Waals surface area contributed by atoms with Crippen molar-refractivity contribution in [2.24, 2.45) is 0 Å². The number of benzene rings is 2. The average Bonchev–Trinajstić information content (AvgIpc) is 2.65. The maximum absolute atomic E-state index is 13.0. The van der Waals surface area contributed by atoms with Crippen LogP contribution in [0.3, 0.4) is 0 Å². The van der Waals surface area contributed by atoms with E-state index in [2.05, 4.69) is 0 Å². The maximum Gasteiger partial charge on any atom is 0.328 e. The van der Waals surface area contributed by atoms with E-state index in [-0.39, 0.29) is 28.8 Å². The smallest absolute Gasteiger partial charge is 0.328 e. The second-order valence-corrected chi connectivity index (χ2v) is 6.38. The Labute approximate surface area is 170 Å². The zero-order valence-electron chi connectivity index (χ0n) is 15.3. The number of hydrogen-bond donors (Lipinski definition) is 2. The van der Waals surface area contributed by atoms with Gasteiger partial charge in [0.1, 0.15) is 18.0 Å². The number of barbiturate groups is 1. The van der Waals surface area contributed by atoms with E-state index < -0.39 is 17.8 Å². The van der Waals surface area contributed by atoms with Gasteiger partial charge >= 0.3 is 6.03 Å². The maximum atomic E-state index is 13.0. The number of halogens is 2. The first-order valence-electron chi connectivity index (χ1n) is 8.59. The van der Waals surface area contributed by atoms with E-state index in [4.69, 9.17) is 21.1 Å². The summed E-state index contributed by atoms with van der Waals surface area (Å²) in [4.78, 5) is 34.9. The van der Waals surface area contributed by atoms with Crippen LogP contribution in [0.1, 0.15) is 18.1 Å². The summed E-state index contributed by atoms with van der Waals surface area (Å²) in [6, 6.07) is 7.99. The predicted octanol–water partition coefficient (Wildman–Crippen LogP) is 3.21. The van der Waals surface area contributed by atoms with Gasteiger partial charge in [0.05, 0.1) is 11.6 Å². The first kappa shape index (κ1) is 20.3. The fourth-order valence-electron chi connectivity index (χ4n) is 2.58. The summed E-state index contributed by atoms with van der Waals surface area (Å²) < 4.78 is 24.3. The lowest BCUT2D eigenvalue weighted by Crippen LogP contribution is -2.51. The van der Waals surface area contributed by atoms with Gasteiger partial charge in [-0.3, -0.25) is 20.2 Å². The topological polar surface area (TPSA) is 93.7 Å². The number of carbonyl (C=O) groups excluding carboxylic acids is 3. The lowest BCUT2D eigenvalue weighted by Gasteiger charge is -2.16. The summed E-state index contributed by atoms with van der Waals surface area (Å²) in [7, 11) is 0. The Kier molecular flexibility index (Phi) is 6.13. The van der Waals surface area contributed by atoms with Crippen LogP contribution < -0.4 is 20.1 Å². The Morgan fingerprint density at radius 3 is 2.31 bits per heavy atom. The van der Waals surface area contributed by atoms with Crippen molar-refractivity contribution in [2.45, 2.75) is 13.5 Å². The molecular formula is C20H16ClFN2O5. The monoisotopic (exact) mass is 418 g/mol. The van der Waals surface area contributed by atoms with E-state index in [1.54, 1.807) is 25.1 Å². The molecule has 2 aromatic carbocycles. The van der Waals surface area contributed by atoms with Gasteiger partial charge in [0.25, 0.3) is 11.8 Å². The van der Waals surface area contributed by atoms with Crippen molar-refractivity contribution in [1.82, 2.24) is 10.6 Å². The number of imide groups is 2. The molecule has 1 aliphatic heterocycles. The zero-order valence-corrected chi connectivity index (χ0v) is 16.0. The van der Waals surface area contributed by atoms with Crippen LogP contribution in [-0.4, -0.2) is 24.5 Å². The molecule has 150 valence electrons. The van der Waals surface area contributed by atoms with Crippen LogP contribution in [0, 0.1) is 5.82 Å². The van der Waals surface area contributed by atoms with Gasteiger partial charge in [-0.15, -0.1) is 0 Å². The molecule has 0 saturated carbocycles. The van der Waals surface area contributed by atoms with Crippen LogP contribution in [0.25, 0.3) is 6.08 Å². The highest BCUT2D eigenvalue weighted by Gasteiger charge is 2.28. The minimum atomic E-state index is -0.880. The molecule has 0 aliphatic carbocycles. The first-order valence-corrected chi connectivity index (χ1v) is 8.97. The van der Waals surface area contributed by atoms with E-state index in [9.17, 15) is 18.8 Å². The van der Waals surface area contributed by atoms with Gasteiger partial charge in [0.2, 0.25) is 0 Å². The van der Waals surface area contributed by atoms with E-state index in [1.165, 1.54) is 24.3 Å². The van der Waals surface area contributed by atoms with Crippen LogP contribution in [0.5, 0.6) is 11.5 Å². The lowest BCUT2D eigenvalue weighted by atomic mass is 10.1. The number of amides is 4. The van der Waals surface area contributed by atoms with E-state index in [0.29, 0.717) is 17.9 Å². The summed E-state index contributed by atoms with van der Waals surface area (Å²) in [5, 5.41) is 4.18. The third kappa shape index (κ3) is 4.91. The molecule has 3 rings (SSSR count). The standard InChI is InChI=1S/C20H16ClFN2O5/c1-2-28-16-9-12(7-14-18(25)23-20(27)24-19(14)26)8-15(21)17(16)29-10-11-3-5-13(22)6-4-11/h3-9H,2,10H2,1H3,(H2,23,24,25,26,27). The van der Waals surface area contributed by atoms with Crippen LogP contribution >= 0.6 is 11.6 Å². The summed E-state index contributed by atoms with van der Waals surface area (Å²) in [5.74, 6) is -1.40. The molecule has 1 fully saturated rings. The number of rotatable bonds is 6. The minimum Gasteiger partial charge on any atom is -0.490 e. The van der Waals surface area contributed by atoms with Gasteiger partial charge in [-0.1, -0.05) is 23.7 Å². The summed E-state index contributed by atoms with van der Waals surface area (Å²) in [6.07, 6.45) is 1.29. The Balaban J connectivity index is 1.88. The van der Waals surface area contributed by atoms with E-state index in [0.717, 1.165) is 5.56 Å². The molecule has 0 bridgehead atoms. The van der Waals surface area contributed by atoms with Crippen LogP contribution in [0.2, 0.25) is 5.02 Å². The third-order valence-electron chi connectivity index (χ3n) is 3.88. The highest BCUT2D eigenvalue weighted by molar-refractivity contribution is 6.33. The number of hydrogen-bond acceptors (Lipinski definition) is 5. The quantitative estimate of drug-likeness (QED) is 0.555. The number of urea groups is 1. The van der Waals surface area contributed by atoms with Gasteiger partial charge < -0.3 is 9.47 Å². The molecular weight excluding hydrogens is 403 g/mol. The summed E-state index contributed by atoms with van der Waals surface area (Å²) in [6.45, 7) is 2.22. The number of nitrogens with one attached hydrogen (secondary N) is 2. The SMILES string of the molecule is CCOc1cc(C=C2C(=O)NC(=O)NC2=O)cc(Cl)c1OCc1ccc(F)cc1. The third-order valence-corrected chi connectivity index (χ3v) is 4.16. The van der Waals surface area contributed by atoms with Gasteiger partial charge in [-0.05, 0) is 48.4 Å². The molecule has 0 atom stereocenters. The average molecular weight is 419 g/mol. The fraction of sp³-hybridized carbons (Fsp3) is 0.150. The molecule has 2 aromatic rings. The molecule has 0 radical (unpaired) electrons. The van der Waals surface area contributed by atoms with Crippen molar-refractivity contribution in [2.75, 3.05) is 6.61 Å². The second-order valence-electron chi connectivity index (χ2n) is 5.97. The highest BCUT2D eigenvalue weighted by atomic mass is 35.5. The van der Waals surface area contributed by atoms with Crippen LogP contribution in [0.15, 0.2) is 42.0 Å².